The Morgan fingerprint density at radius 1 is 1.12 bits per heavy atom. The highest BCUT2D eigenvalue weighted by atomic mass is 127. The molecule has 0 bridgehead atoms. The Labute approximate surface area is 213 Å². The second kappa shape index (κ2) is 14.6. The minimum Gasteiger partial charge on any atom is -0.357 e. The van der Waals surface area contributed by atoms with Gasteiger partial charge in [-0.25, -0.2) is 0 Å². The minimum atomic E-state index is 0. The summed E-state index contributed by atoms with van der Waals surface area (Å²) in [5.41, 5.74) is 2.01. The van der Waals surface area contributed by atoms with Crippen LogP contribution in [0.25, 0.3) is 11.6 Å². The van der Waals surface area contributed by atoms with E-state index in [1.165, 1.54) is 5.56 Å². The van der Waals surface area contributed by atoms with Crippen LogP contribution in [-0.4, -0.2) is 58.7 Å². The molecule has 2 heterocycles. The molecule has 9 heteroatoms. The first kappa shape index (κ1) is 26.7. The van der Waals surface area contributed by atoms with Gasteiger partial charge in [0.1, 0.15) is 5.69 Å². The van der Waals surface area contributed by atoms with Gasteiger partial charge in [0, 0.05) is 44.8 Å². The number of guanidine groups is 1. The van der Waals surface area contributed by atoms with E-state index in [0.29, 0.717) is 36.4 Å². The second-order valence-corrected chi connectivity index (χ2v) is 7.71. The molecule has 0 aliphatic heterocycles. The maximum atomic E-state index is 5.31. The van der Waals surface area contributed by atoms with Crippen molar-refractivity contribution in [2.45, 2.75) is 39.3 Å². The van der Waals surface area contributed by atoms with Gasteiger partial charge in [0.2, 0.25) is 0 Å². The van der Waals surface area contributed by atoms with Gasteiger partial charge in [-0.2, -0.15) is 4.98 Å². The lowest BCUT2D eigenvalue weighted by molar-refractivity contribution is 0.240. The van der Waals surface area contributed by atoms with E-state index >= 15 is 0 Å². The monoisotopic (exact) mass is 563 g/mol. The number of aliphatic imine (C=N–C) groups is 1. The Morgan fingerprint density at radius 3 is 2.64 bits per heavy atom. The first-order chi connectivity index (χ1) is 15.7. The SMILES string of the molecule is CCNC(=NCCC(C)N(C)Cc1ccccc1)NCCc1noc(-c2ccccn2)n1.I. The molecule has 0 saturated heterocycles. The summed E-state index contributed by atoms with van der Waals surface area (Å²) in [5.74, 6) is 1.89. The predicted octanol–water partition coefficient (Wildman–Crippen LogP) is 3.76. The van der Waals surface area contributed by atoms with Gasteiger partial charge >= 0.3 is 0 Å². The average Bonchev–Trinajstić information content (AvgIpc) is 3.29. The Hall–Kier alpha value is -2.53. The number of benzene rings is 1. The quantitative estimate of drug-likeness (QED) is 0.209. The first-order valence-electron chi connectivity index (χ1n) is 11.2. The molecular weight excluding hydrogens is 529 g/mol. The van der Waals surface area contributed by atoms with Crippen LogP contribution < -0.4 is 10.6 Å². The van der Waals surface area contributed by atoms with E-state index in [9.17, 15) is 0 Å². The summed E-state index contributed by atoms with van der Waals surface area (Å²) in [7, 11) is 2.16. The van der Waals surface area contributed by atoms with Crippen molar-refractivity contribution in [3.63, 3.8) is 0 Å². The summed E-state index contributed by atoms with van der Waals surface area (Å²) in [6.45, 7) is 7.47. The van der Waals surface area contributed by atoms with E-state index in [1.54, 1.807) is 6.20 Å². The third-order valence-corrected chi connectivity index (χ3v) is 5.18. The van der Waals surface area contributed by atoms with Crippen LogP contribution in [0.4, 0.5) is 0 Å². The fraction of sp³-hybridized carbons (Fsp3) is 0.417. The van der Waals surface area contributed by atoms with E-state index in [-0.39, 0.29) is 24.0 Å². The van der Waals surface area contributed by atoms with Crippen LogP contribution >= 0.6 is 24.0 Å². The van der Waals surface area contributed by atoms with Crippen molar-refractivity contribution in [1.82, 2.24) is 30.7 Å². The number of aromatic nitrogens is 3. The highest BCUT2D eigenvalue weighted by Gasteiger charge is 2.11. The molecule has 33 heavy (non-hydrogen) atoms. The molecule has 0 amide bonds. The third-order valence-electron chi connectivity index (χ3n) is 5.18. The van der Waals surface area contributed by atoms with Gasteiger partial charge in [-0.3, -0.25) is 14.9 Å². The Bertz CT molecular complexity index is 950. The highest BCUT2D eigenvalue weighted by Crippen LogP contribution is 2.13. The Kier molecular flexibility index (Phi) is 11.8. The average molecular weight is 563 g/mol. The van der Waals surface area contributed by atoms with Crippen LogP contribution in [0.3, 0.4) is 0 Å². The third kappa shape index (κ3) is 9.09. The van der Waals surface area contributed by atoms with Crippen LogP contribution in [-0.2, 0) is 13.0 Å². The zero-order valence-electron chi connectivity index (χ0n) is 19.6. The van der Waals surface area contributed by atoms with Crippen molar-refractivity contribution < 1.29 is 4.52 Å². The molecule has 178 valence electrons. The molecule has 0 aliphatic carbocycles. The van der Waals surface area contributed by atoms with Crippen molar-refractivity contribution in [2.24, 2.45) is 4.99 Å². The van der Waals surface area contributed by atoms with Crippen molar-refractivity contribution in [3.8, 4) is 11.6 Å². The van der Waals surface area contributed by atoms with Crippen LogP contribution in [0.15, 0.2) is 64.2 Å². The molecule has 0 fully saturated rings. The van der Waals surface area contributed by atoms with Gasteiger partial charge in [-0.15, -0.1) is 24.0 Å². The number of hydrogen-bond acceptors (Lipinski definition) is 6. The van der Waals surface area contributed by atoms with Gasteiger partial charge in [0.15, 0.2) is 11.8 Å². The lowest BCUT2D eigenvalue weighted by atomic mass is 10.1. The summed E-state index contributed by atoms with van der Waals surface area (Å²) in [5, 5.41) is 10.7. The van der Waals surface area contributed by atoms with Crippen molar-refractivity contribution in [3.05, 3.63) is 66.1 Å². The molecule has 3 rings (SSSR count). The molecule has 1 aromatic carbocycles. The predicted molar refractivity (Wildman–Crippen MR) is 143 cm³/mol. The summed E-state index contributed by atoms with van der Waals surface area (Å²) in [4.78, 5) is 15.7. The normalized spacial score (nSPS) is 12.3. The topological polar surface area (TPSA) is 91.5 Å². The van der Waals surface area contributed by atoms with Crippen molar-refractivity contribution in [1.29, 1.82) is 0 Å². The fourth-order valence-electron chi connectivity index (χ4n) is 3.19. The number of rotatable bonds is 11. The summed E-state index contributed by atoms with van der Waals surface area (Å²) in [6, 6.07) is 16.6. The maximum Gasteiger partial charge on any atom is 0.276 e. The van der Waals surface area contributed by atoms with E-state index in [0.717, 1.165) is 32.0 Å². The molecular formula is C24H34IN7O. The summed E-state index contributed by atoms with van der Waals surface area (Å²) < 4.78 is 5.31. The molecule has 0 saturated carbocycles. The van der Waals surface area contributed by atoms with Crippen LogP contribution in [0, 0.1) is 0 Å². The van der Waals surface area contributed by atoms with E-state index in [4.69, 9.17) is 9.52 Å². The number of hydrogen-bond donors (Lipinski definition) is 2. The maximum absolute atomic E-state index is 5.31. The number of nitrogens with one attached hydrogen (secondary N) is 2. The molecule has 1 unspecified atom stereocenters. The number of halogens is 1. The van der Waals surface area contributed by atoms with Crippen molar-refractivity contribution in [2.75, 3.05) is 26.7 Å². The fourth-order valence-corrected chi connectivity index (χ4v) is 3.19. The molecule has 3 aromatic rings. The summed E-state index contributed by atoms with van der Waals surface area (Å²) >= 11 is 0. The van der Waals surface area contributed by atoms with Gasteiger partial charge in [0.05, 0.1) is 0 Å². The van der Waals surface area contributed by atoms with Gasteiger partial charge in [-0.05, 0) is 45.0 Å². The molecule has 2 aromatic heterocycles. The highest BCUT2D eigenvalue weighted by molar-refractivity contribution is 14.0. The molecule has 2 N–H and O–H groups in total. The van der Waals surface area contributed by atoms with E-state index in [1.807, 2.05) is 18.2 Å². The van der Waals surface area contributed by atoms with Gasteiger partial charge in [0.25, 0.3) is 5.89 Å². The second-order valence-electron chi connectivity index (χ2n) is 7.71. The van der Waals surface area contributed by atoms with Gasteiger partial charge < -0.3 is 15.2 Å². The Morgan fingerprint density at radius 2 is 1.91 bits per heavy atom. The minimum absolute atomic E-state index is 0. The first-order valence-corrected chi connectivity index (χ1v) is 11.2. The number of pyridine rings is 1. The van der Waals surface area contributed by atoms with Gasteiger partial charge in [-0.1, -0.05) is 41.6 Å². The van der Waals surface area contributed by atoms with Crippen LogP contribution in [0.5, 0.6) is 0 Å². The van der Waals surface area contributed by atoms with E-state index in [2.05, 4.69) is 81.9 Å². The number of nitrogens with zero attached hydrogens (tertiary/aromatic N) is 5. The largest absolute Gasteiger partial charge is 0.357 e. The lowest BCUT2D eigenvalue weighted by Gasteiger charge is -2.24. The van der Waals surface area contributed by atoms with Crippen LogP contribution in [0.2, 0.25) is 0 Å². The van der Waals surface area contributed by atoms with Crippen LogP contribution in [0.1, 0.15) is 31.7 Å². The standard InChI is InChI=1S/C24H33N7O.HI/c1-4-25-24(27-16-13-19(2)31(3)18-20-10-6-5-7-11-20)28-17-14-22-29-23(32-30-22)21-12-8-9-15-26-21;/h5-12,15,19H,4,13-14,16-18H2,1-3H3,(H2,25,27,28);1H. The molecule has 8 nitrogen and oxygen atoms in total. The summed E-state index contributed by atoms with van der Waals surface area (Å²) in [6.07, 6.45) is 3.33. The zero-order chi connectivity index (χ0) is 22.6. The Balaban J connectivity index is 0.00000385. The van der Waals surface area contributed by atoms with E-state index < -0.39 is 0 Å². The lowest BCUT2D eigenvalue weighted by Crippen LogP contribution is -2.38. The molecule has 0 aliphatic rings. The molecule has 1 atom stereocenters. The molecule has 0 radical (unpaired) electrons. The molecule has 0 spiro atoms. The smallest absolute Gasteiger partial charge is 0.276 e. The zero-order valence-corrected chi connectivity index (χ0v) is 21.9. The van der Waals surface area contributed by atoms with Crippen molar-refractivity contribution >= 4 is 29.9 Å².